The molecule has 0 fully saturated rings. The normalized spacial score (nSPS) is 14.2. The smallest absolute Gasteiger partial charge is 0.329 e. The van der Waals surface area contributed by atoms with Gasteiger partial charge in [-0.15, -0.1) is 0 Å². The molecule has 0 amide bonds. The fourth-order valence-electron chi connectivity index (χ4n) is 0.473. The van der Waals surface area contributed by atoms with Crippen molar-refractivity contribution in [1.82, 2.24) is 0 Å². The molecule has 0 saturated heterocycles. The molecule has 3 nitrogen and oxygen atoms in total. The summed E-state index contributed by atoms with van der Waals surface area (Å²) in [5.41, 5.74) is 0.617. The Morgan fingerprint density at radius 3 is 2.73 bits per heavy atom. The van der Waals surface area contributed by atoms with Gasteiger partial charge in [-0.25, -0.2) is 4.79 Å². The van der Waals surface area contributed by atoms with E-state index in [4.69, 9.17) is 5.11 Å². The van der Waals surface area contributed by atoms with Crippen molar-refractivity contribution in [3.63, 3.8) is 0 Å². The van der Waals surface area contributed by atoms with Gasteiger partial charge in [-0.1, -0.05) is 6.58 Å². The van der Waals surface area contributed by atoms with Crippen molar-refractivity contribution in [2.24, 2.45) is 4.99 Å². The summed E-state index contributed by atoms with van der Waals surface area (Å²) in [5, 5.41) is 8.53. The number of aliphatic imine (C=N–C) groups is 1. The summed E-state index contributed by atoms with van der Waals surface area (Å²) in [7, 11) is 0. The Labute approximate surface area is 71.2 Å². The quantitative estimate of drug-likeness (QED) is 0.492. The van der Waals surface area contributed by atoms with Crippen molar-refractivity contribution in [3.05, 3.63) is 12.7 Å². The van der Waals surface area contributed by atoms with Gasteiger partial charge in [0.1, 0.15) is 0 Å². The maximum atomic E-state index is 10.4. The van der Waals surface area contributed by atoms with Crippen LogP contribution in [0.1, 0.15) is 6.92 Å². The molecule has 0 aromatic carbocycles. The van der Waals surface area contributed by atoms with E-state index >= 15 is 0 Å². The van der Waals surface area contributed by atoms with Crippen molar-refractivity contribution in [2.75, 3.05) is 5.75 Å². The largest absolute Gasteiger partial charge is 0.480 e. The molecule has 0 aromatic heterocycles. The lowest BCUT2D eigenvalue weighted by Gasteiger charge is -2.02. The van der Waals surface area contributed by atoms with E-state index in [1.54, 1.807) is 6.92 Å². The Morgan fingerprint density at radius 1 is 1.91 bits per heavy atom. The number of hydrogen-bond donors (Lipinski definition) is 2. The number of nitrogens with zero attached hydrogens (tertiary/aromatic N) is 1. The number of carboxylic acids is 1. The topological polar surface area (TPSA) is 49.7 Å². The second-order valence-corrected chi connectivity index (χ2v) is 2.38. The van der Waals surface area contributed by atoms with E-state index in [9.17, 15) is 4.79 Å². The zero-order valence-corrected chi connectivity index (χ0v) is 7.21. The first-order valence-electron chi connectivity index (χ1n) is 3.12. The SMILES string of the molecule is C=CC(C)=NC(CS)C(=O)O. The van der Waals surface area contributed by atoms with Crippen molar-refractivity contribution >= 4 is 24.3 Å². The maximum absolute atomic E-state index is 10.4. The fourth-order valence-corrected chi connectivity index (χ4v) is 0.710. The lowest BCUT2D eigenvalue weighted by molar-refractivity contribution is -0.137. The van der Waals surface area contributed by atoms with Crippen molar-refractivity contribution in [1.29, 1.82) is 0 Å². The summed E-state index contributed by atoms with van der Waals surface area (Å²) in [4.78, 5) is 14.2. The van der Waals surface area contributed by atoms with E-state index in [1.165, 1.54) is 6.08 Å². The van der Waals surface area contributed by atoms with Crippen LogP contribution in [0.5, 0.6) is 0 Å². The molecule has 1 atom stereocenters. The molecule has 62 valence electrons. The van der Waals surface area contributed by atoms with Crippen LogP contribution >= 0.6 is 12.6 Å². The highest BCUT2D eigenvalue weighted by molar-refractivity contribution is 7.80. The first-order valence-corrected chi connectivity index (χ1v) is 3.75. The fraction of sp³-hybridized carbons (Fsp3) is 0.429. The molecular formula is C7H11NO2S. The predicted molar refractivity (Wildman–Crippen MR) is 48.6 cm³/mol. The first kappa shape index (κ1) is 10.2. The van der Waals surface area contributed by atoms with Crippen LogP contribution in [-0.2, 0) is 4.79 Å². The third-order valence-corrected chi connectivity index (χ3v) is 1.46. The molecule has 11 heavy (non-hydrogen) atoms. The van der Waals surface area contributed by atoms with E-state index in [1.807, 2.05) is 0 Å². The molecule has 0 aliphatic rings. The van der Waals surface area contributed by atoms with Crippen LogP contribution in [0.25, 0.3) is 0 Å². The monoisotopic (exact) mass is 173 g/mol. The number of carbonyl (C=O) groups is 1. The van der Waals surface area contributed by atoms with Gasteiger partial charge in [0.2, 0.25) is 0 Å². The van der Waals surface area contributed by atoms with Gasteiger partial charge in [-0.05, 0) is 13.0 Å². The van der Waals surface area contributed by atoms with Crippen LogP contribution in [0.2, 0.25) is 0 Å². The molecule has 1 unspecified atom stereocenters. The van der Waals surface area contributed by atoms with Gasteiger partial charge in [-0.2, -0.15) is 12.6 Å². The lowest BCUT2D eigenvalue weighted by Crippen LogP contribution is -2.20. The summed E-state index contributed by atoms with van der Waals surface area (Å²) in [6, 6.07) is -0.753. The lowest BCUT2D eigenvalue weighted by atomic mass is 10.3. The van der Waals surface area contributed by atoms with Gasteiger partial charge in [0.25, 0.3) is 0 Å². The number of allylic oxidation sites excluding steroid dienone is 1. The molecule has 0 saturated carbocycles. The van der Waals surface area contributed by atoms with E-state index < -0.39 is 12.0 Å². The molecule has 0 spiro atoms. The van der Waals surface area contributed by atoms with Gasteiger partial charge >= 0.3 is 5.97 Å². The van der Waals surface area contributed by atoms with Gasteiger partial charge in [0.15, 0.2) is 6.04 Å². The van der Waals surface area contributed by atoms with Crippen LogP contribution < -0.4 is 0 Å². The molecule has 4 heteroatoms. The molecule has 1 N–H and O–H groups in total. The standard InChI is InChI=1S/C7H11NO2S/c1-3-5(2)8-6(4-11)7(9)10/h3,6,11H,1,4H2,2H3,(H,9,10). The minimum absolute atomic E-state index is 0.209. The second-order valence-electron chi connectivity index (χ2n) is 2.01. The van der Waals surface area contributed by atoms with Gasteiger partial charge in [0, 0.05) is 11.5 Å². The highest BCUT2D eigenvalue weighted by atomic mass is 32.1. The molecule has 0 rings (SSSR count). The van der Waals surface area contributed by atoms with Gasteiger partial charge in [0.05, 0.1) is 0 Å². The average molecular weight is 173 g/mol. The minimum Gasteiger partial charge on any atom is -0.480 e. The van der Waals surface area contributed by atoms with Crippen molar-refractivity contribution in [3.8, 4) is 0 Å². The Hall–Kier alpha value is -0.770. The van der Waals surface area contributed by atoms with E-state index in [-0.39, 0.29) is 5.75 Å². The highest BCUT2D eigenvalue weighted by Gasteiger charge is 2.12. The molecule has 0 aromatic rings. The summed E-state index contributed by atoms with van der Waals surface area (Å²) < 4.78 is 0. The first-order chi connectivity index (χ1) is 5.11. The van der Waals surface area contributed by atoms with E-state index in [2.05, 4.69) is 24.2 Å². The molecule has 0 bridgehead atoms. The van der Waals surface area contributed by atoms with Crippen LogP contribution in [0.3, 0.4) is 0 Å². The molecule has 0 aliphatic heterocycles. The van der Waals surface area contributed by atoms with Crippen LogP contribution in [-0.4, -0.2) is 28.6 Å². The number of hydrogen-bond acceptors (Lipinski definition) is 3. The Balaban J connectivity index is 4.28. The van der Waals surface area contributed by atoms with Gasteiger partial charge in [-0.3, -0.25) is 4.99 Å². The molecular weight excluding hydrogens is 162 g/mol. The predicted octanol–water partition coefficient (Wildman–Crippen LogP) is 1.02. The zero-order valence-electron chi connectivity index (χ0n) is 6.32. The third-order valence-electron chi connectivity index (χ3n) is 1.11. The average Bonchev–Trinajstić information content (AvgIpc) is 1.99. The summed E-state index contributed by atoms with van der Waals surface area (Å²) in [5.74, 6) is -0.748. The molecule has 0 radical (unpaired) electrons. The Morgan fingerprint density at radius 2 is 2.45 bits per heavy atom. The Bertz CT molecular complexity index is 189. The summed E-state index contributed by atoms with van der Waals surface area (Å²) in [6.45, 7) is 5.16. The Kier molecular flexibility index (Phi) is 4.61. The van der Waals surface area contributed by atoms with Crippen molar-refractivity contribution in [2.45, 2.75) is 13.0 Å². The van der Waals surface area contributed by atoms with E-state index in [0.717, 1.165) is 0 Å². The second kappa shape index (κ2) is 4.96. The van der Waals surface area contributed by atoms with Crippen molar-refractivity contribution < 1.29 is 9.90 Å². The minimum atomic E-state index is -0.957. The molecule has 0 heterocycles. The zero-order chi connectivity index (χ0) is 8.85. The highest BCUT2D eigenvalue weighted by Crippen LogP contribution is 1.96. The van der Waals surface area contributed by atoms with Gasteiger partial charge < -0.3 is 5.11 Å². The summed E-state index contributed by atoms with van der Waals surface area (Å²) >= 11 is 3.85. The number of thiol groups is 1. The van der Waals surface area contributed by atoms with Crippen LogP contribution in [0, 0.1) is 0 Å². The number of carboxylic acid groups (broad SMARTS) is 1. The molecule has 0 aliphatic carbocycles. The summed E-state index contributed by atoms with van der Waals surface area (Å²) in [6.07, 6.45) is 1.51. The van der Waals surface area contributed by atoms with Crippen LogP contribution in [0.4, 0.5) is 0 Å². The number of rotatable bonds is 4. The van der Waals surface area contributed by atoms with E-state index in [0.29, 0.717) is 5.71 Å². The third kappa shape index (κ3) is 3.83. The maximum Gasteiger partial charge on any atom is 0.329 e. The number of aliphatic carboxylic acids is 1. The van der Waals surface area contributed by atoms with Crippen LogP contribution in [0.15, 0.2) is 17.6 Å².